The smallest absolute Gasteiger partial charge is 0.197 e. The van der Waals surface area contributed by atoms with Gasteiger partial charge in [-0.2, -0.15) is 0 Å². The van der Waals surface area contributed by atoms with Crippen molar-refractivity contribution >= 4 is 40.5 Å². The van der Waals surface area contributed by atoms with Crippen molar-refractivity contribution in [2.75, 3.05) is 0 Å². The molecule has 0 fully saturated rings. The average molecular weight is 187 g/mol. The fraction of sp³-hybridized carbons (Fsp3) is 0. The predicted octanol–water partition coefficient (Wildman–Crippen LogP) is 1.49. The molecule has 0 amide bonds. The molecule has 0 aliphatic carbocycles. The molecule has 54 valence electrons. The number of halogens is 2. The van der Waals surface area contributed by atoms with E-state index in [9.17, 15) is 0 Å². The minimum absolute atomic E-state index is 0.382. The molecule has 0 bridgehead atoms. The van der Waals surface area contributed by atoms with Gasteiger partial charge in [0.2, 0.25) is 0 Å². The Labute approximate surface area is 73.3 Å². The van der Waals surface area contributed by atoms with Gasteiger partial charge < -0.3 is 0 Å². The number of aromatic nitrogens is 1. The van der Waals surface area contributed by atoms with Crippen molar-refractivity contribution in [3.8, 4) is 0 Å². The highest BCUT2D eigenvalue weighted by Gasteiger charge is 2.14. The van der Waals surface area contributed by atoms with E-state index >= 15 is 0 Å². The summed E-state index contributed by atoms with van der Waals surface area (Å²) < 4.78 is 0. The van der Waals surface area contributed by atoms with Gasteiger partial charge in [-0.15, -0.1) is 17.2 Å². The summed E-state index contributed by atoms with van der Waals surface area (Å²) in [6.45, 7) is 0. The Morgan fingerprint density at radius 2 is 1.27 bits per heavy atom. The van der Waals surface area contributed by atoms with Crippen LogP contribution in [0.5, 0.6) is 0 Å². The van der Waals surface area contributed by atoms with Crippen LogP contribution in [0.2, 0.25) is 10.0 Å². The lowest BCUT2D eigenvalue weighted by Crippen LogP contribution is -1.87. The summed E-state index contributed by atoms with van der Waals surface area (Å²) in [6, 6.07) is 0. The van der Waals surface area contributed by atoms with E-state index in [0.29, 0.717) is 0 Å². The summed E-state index contributed by atoms with van der Waals surface area (Å²) >= 11 is 10.6. The largest absolute Gasteiger partial charge is 0.203 e. The number of rotatable bonds is 0. The van der Waals surface area contributed by atoms with Crippen LogP contribution in [0.25, 0.3) is 0 Å². The third kappa shape index (κ3) is 1.27. The Morgan fingerprint density at radius 3 is 1.64 bits per heavy atom. The second-order valence-electron chi connectivity index (χ2n) is 1.74. The van der Waals surface area contributed by atoms with Crippen LogP contribution in [0, 0.1) is 0 Å². The van der Waals surface area contributed by atoms with Crippen LogP contribution in [0.15, 0.2) is 0 Å². The average Bonchev–Trinajstić information content (AvgIpc) is 1.97. The monoisotopic (exact) mass is 186 g/mol. The third-order valence-corrected chi connectivity index (χ3v) is 1.72. The van der Waals surface area contributed by atoms with E-state index in [0.717, 1.165) is 0 Å². The standard InChI is InChI=1S/C5Cl2N4/c6-1-3(8)2(7)5(10)11-4(1)9. The third-order valence-electron chi connectivity index (χ3n) is 1.02. The van der Waals surface area contributed by atoms with Crippen LogP contribution < -0.4 is 17.2 Å². The molecule has 1 heterocycles. The highest BCUT2D eigenvalue weighted by Crippen LogP contribution is 2.36. The molecule has 0 saturated carbocycles. The Morgan fingerprint density at radius 1 is 0.909 bits per heavy atom. The molecule has 0 aliphatic rings. The first kappa shape index (κ1) is 8.23. The Hall–Kier alpha value is -0.870. The summed E-state index contributed by atoms with van der Waals surface area (Å²) in [5.74, 6) is -1.32. The molecule has 4 nitrogen and oxygen atoms in total. The highest BCUT2D eigenvalue weighted by molar-refractivity contribution is 6.40. The Balaban J connectivity index is 3.46. The fourth-order valence-corrected chi connectivity index (χ4v) is 0.828. The molecule has 1 aromatic rings. The van der Waals surface area contributed by atoms with Crippen molar-refractivity contribution in [1.29, 1.82) is 0 Å². The van der Waals surface area contributed by atoms with Gasteiger partial charge in [0.15, 0.2) is 11.6 Å². The van der Waals surface area contributed by atoms with Crippen LogP contribution in [0.1, 0.15) is 0 Å². The maximum Gasteiger partial charge on any atom is 0.197 e. The van der Waals surface area contributed by atoms with E-state index in [1.165, 1.54) is 0 Å². The zero-order chi connectivity index (χ0) is 8.59. The molecule has 0 saturated heterocycles. The topological polar surface area (TPSA) is 79.8 Å². The van der Waals surface area contributed by atoms with Crippen molar-refractivity contribution in [3.63, 3.8) is 0 Å². The van der Waals surface area contributed by atoms with Crippen LogP contribution in [-0.4, -0.2) is 4.98 Å². The van der Waals surface area contributed by atoms with Gasteiger partial charge in [-0.25, -0.2) is 4.98 Å². The maximum atomic E-state index is 8.94. The van der Waals surface area contributed by atoms with E-state index in [2.05, 4.69) is 4.98 Å². The van der Waals surface area contributed by atoms with Gasteiger partial charge in [0.25, 0.3) is 0 Å². The molecule has 11 heavy (non-hydrogen) atoms. The van der Waals surface area contributed by atoms with Crippen molar-refractivity contribution in [3.05, 3.63) is 10.0 Å². The van der Waals surface area contributed by atoms with E-state index in [-0.39, 0.29) is 10.0 Å². The molecule has 0 aliphatic heterocycles. The van der Waals surface area contributed by atoms with Gasteiger partial charge in [-0.3, -0.25) is 0 Å². The van der Waals surface area contributed by atoms with Gasteiger partial charge in [-0.05, 0) is 0 Å². The first-order chi connectivity index (χ1) is 5.04. The van der Waals surface area contributed by atoms with Crippen molar-refractivity contribution in [1.82, 2.24) is 22.2 Å². The second kappa shape index (κ2) is 2.64. The van der Waals surface area contributed by atoms with Gasteiger partial charge in [0, 0.05) is 0 Å². The summed E-state index contributed by atoms with van der Waals surface area (Å²) in [6.07, 6.45) is 0. The molecular weight excluding hydrogens is 187 g/mol. The van der Waals surface area contributed by atoms with Crippen LogP contribution in [-0.2, 0) is 0 Å². The molecule has 0 unspecified atom stereocenters. The molecule has 6 heteroatoms. The van der Waals surface area contributed by atoms with Crippen molar-refractivity contribution < 1.29 is 0 Å². The van der Waals surface area contributed by atoms with E-state index in [4.69, 9.17) is 40.4 Å². The van der Waals surface area contributed by atoms with Crippen molar-refractivity contribution in [2.24, 2.45) is 0 Å². The van der Waals surface area contributed by atoms with Crippen molar-refractivity contribution in [2.45, 2.75) is 0 Å². The Kier molecular flexibility index (Phi) is 1.97. The molecule has 1 aromatic heterocycles. The molecule has 0 spiro atoms. The van der Waals surface area contributed by atoms with E-state index < -0.39 is 17.3 Å². The quantitative estimate of drug-likeness (QED) is 0.605. The van der Waals surface area contributed by atoms with Gasteiger partial charge >= 0.3 is 0 Å². The molecular formula is C5Cl2N4. The summed E-state index contributed by atoms with van der Waals surface area (Å²) in [4.78, 5) is 3.12. The SMILES string of the molecule is [N]c1nc([N])c(Cl)c([N])c1Cl. The summed E-state index contributed by atoms with van der Waals surface area (Å²) in [7, 11) is 0. The van der Waals surface area contributed by atoms with Crippen LogP contribution >= 0.6 is 23.2 Å². The molecule has 1 rings (SSSR count). The molecule has 0 aromatic carbocycles. The second-order valence-corrected chi connectivity index (χ2v) is 2.49. The minimum Gasteiger partial charge on any atom is -0.203 e. The lowest BCUT2D eigenvalue weighted by molar-refractivity contribution is 1.20. The fourth-order valence-electron chi connectivity index (χ4n) is 0.507. The summed E-state index contributed by atoms with van der Waals surface area (Å²) in [5, 5.41) is -0.763. The lowest BCUT2D eigenvalue weighted by atomic mass is 10.4. The number of hydrogen-bond donors (Lipinski definition) is 0. The Bertz CT molecular complexity index is 273. The molecule has 6 radical (unpaired) electrons. The van der Waals surface area contributed by atoms with Gasteiger partial charge in [-0.1, -0.05) is 23.2 Å². The maximum absolute atomic E-state index is 8.94. The molecule has 0 atom stereocenters. The number of pyridine rings is 1. The van der Waals surface area contributed by atoms with Crippen LogP contribution in [0.3, 0.4) is 0 Å². The van der Waals surface area contributed by atoms with E-state index in [1.807, 2.05) is 0 Å². The number of hydrogen-bond acceptors (Lipinski definition) is 1. The summed E-state index contributed by atoms with van der Waals surface area (Å²) in [5.41, 5.74) is 25.9. The zero-order valence-corrected chi connectivity index (χ0v) is 6.56. The normalized spacial score (nSPS) is 10.0. The van der Waals surface area contributed by atoms with Crippen LogP contribution in [0.4, 0.5) is 17.3 Å². The first-order valence-corrected chi connectivity index (χ1v) is 3.25. The van der Waals surface area contributed by atoms with Gasteiger partial charge in [0.05, 0.1) is 0 Å². The molecule has 0 N–H and O–H groups in total. The minimum atomic E-state index is -0.661. The van der Waals surface area contributed by atoms with E-state index in [1.54, 1.807) is 0 Å². The first-order valence-electron chi connectivity index (χ1n) is 2.50. The zero-order valence-electron chi connectivity index (χ0n) is 5.04. The lowest BCUT2D eigenvalue weighted by Gasteiger charge is -1.99. The highest BCUT2D eigenvalue weighted by atomic mass is 35.5. The van der Waals surface area contributed by atoms with Gasteiger partial charge in [0.1, 0.15) is 15.7 Å². The number of nitrogens with zero attached hydrogens (tertiary/aromatic N) is 4. The predicted molar refractivity (Wildman–Crippen MR) is 39.6 cm³/mol.